The molecule has 1 saturated heterocycles. The summed E-state index contributed by atoms with van der Waals surface area (Å²) in [7, 11) is 3.94. The highest BCUT2D eigenvalue weighted by atomic mass is 19.1. The zero-order valence-corrected chi connectivity index (χ0v) is 18.5. The fourth-order valence-electron chi connectivity index (χ4n) is 4.05. The van der Waals surface area contributed by atoms with Crippen molar-refractivity contribution in [2.45, 2.75) is 31.6 Å². The van der Waals surface area contributed by atoms with Gasteiger partial charge in [-0.3, -0.25) is 9.78 Å². The van der Waals surface area contributed by atoms with E-state index in [1.165, 1.54) is 6.07 Å². The second kappa shape index (κ2) is 9.85. The van der Waals surface area contributed by atoms with Crippen molar-refractivity contribution < 1.29 is 9.18 Å². The van der Waals surface area contributed by atoms with Gasteiger partial charge in [-0.25, -0.2) is 14.4 Å². The lowest BCUT2D eigenvalue weighted by Crippen LogP contribution is -2.38. The van der Waals surface area contributed by atoms with Crippen LogP contribution in [0.25, 0.3) is 11.4 Å². The van der Waals surface area contributed by atoms with Gasteiger partial charge in [0.05, 0.1) is 0 Å². The maximum atomic E-state index is 13.8. The average Bonchev–Trinajstić information content (AvgIpc) is 2.83. The number of rotatable bonds is 6. The summed E-state index contributed by atoms with van der Waals surface area (Å²) in [5, 5.41) is 0. The first-order chi connectivity index (χ1) is 15.5. The van der Waals surface area contributed by atoms with Gasteiger partial charge < -0.3 is 9.80 Å². The number of anilines is 1. The van der Waals surface area contributed by atoms with Crippen molar-refractivity contribution >= 4 is 11.7 Å². The Kier molecular flexibility index (Phi) is 6.73. The number of halogens is 1. The Morgan fingerprint density at radius 1 is 1.09 bits per heavy atom. The predicted octanol–water partition coefficient (Wildman–Crippen LogP) is 4.08. The van der Waals surface area contributed by atoms with E-state index in [2.05, 4.69) is 4.98 Å². The number of carbonyl (C=O) groups excluding carboxylic acids is 1. The Hall–Kier alpha value is -3.35. The molecule has 0 bridgehead atoms. The molecule has 7 heteroatoms. The number of nitrogens with zero attached hydrogens (tertiary/aromatic N) is 5. The van der Waals surface area contributed by atoms with Gasteiger partial charge in [-0.05, 0) is 43.0 Å². The quantitative estimate of drug-likeness (QED) is 0.586. The van der Waals surface area contributed by atoms with Crippen molar-refractivity contribution in [2.24, 2.45) is 0 Å². The maximum absolute atomic E-state index is 13.8. The fourth-order valence-corrected chi connectivity index (χ4v) is 4.05. The monoisotopic (exact) mass is 433 g/mol. The summed E-state index contributed by atoms with van der Waals surface area (Å²) in [6.07, 6.45) is 5.95. The van der Waals surface area contributed by atoms with Crippen LogP contribution in [-0.2, 0) is 11.2 Å². The predicted molar refractivity (Wildman–Crippen MR) is 123 cm³/mol. The van der Waals surface area contributed by atoms with Crippen LogP contribution in [0.1, 0.15) is 36.4 Å². The topological polar surface area (TPSA) is 62.2 Å². The third kappa shape index (κ3) is 5.10. The van der Waals surface area contributed by atoms with E-state index in [-0.39, 0.29) is 17.6 Å². The number of amides is 1. The minimum absolute atomic E-state index is 0.0841. The molecule has 3 aromatic rings. The van der Waals surface area contributed by atoms with Gasteiger partial charge >= 0.3 is 0 Å². The summed E-state index contributed by atoms with van der Waals surface area (Å²) in [6, 6.07) is 12.5. The minimum Gasteiger partial charge on any atom is -0.363 e. The highest BCUT2D eigenvalue weighted by Crippen LogP contribution is 2.30. The lowest BCUT2D eigenvalue weighted by Gasteiger charge is -2.32. The van der Waals surface area contributed by atoms with Crippen molar-refractivity contribution in [2.75, 3.05) is 32.1 Å². The molecular weight excluding hydrogens is 405 g/mol. The third-order valence-corrected chi connectivity index (χ3v) is 5.96. The van der Waals surface area contributed by atoms with Crippen molar-refractivity contribution in [3.63, 3.8) is 0 Å². The Morgan fingerprint density at radius 3 is 2.50 bits per heavy atom. The van der Waals surface area contributed by atoms with Crippen LogP contribution in [0.15, 0.2) is 54.9 Å². The fraction of sp³-hybridized carbons (Fsp3) is 0.360. The number of hydrogen-bond donors (Lipinski definition) is 0. The standard InChI is InChI=1S/C25H28FN5O/c1-30(2)23-17-22(28-25(29-23)20-9-13-27-14-10-20)19-11-15-31(16-12-19)24(32)8-7-18-5-3-4-6-21(18)26/h3-6,9-10,13-14,17,19H,7-8,11-12,15-16H2,1-2H3. The van der Waals surface area contributed by atoms with Crippen molar-refractivity contribution in [3.8, 4) is 11.4 Å². The molecule has 0 N–H and O–H groups in total. The van der Waals surface area contributed by atoms with Gasteiger partial charge in [0.15, 0.2) is 5.82 Å². The number of carbonyl (C=O) groups is 1. The molecule has 0 radical (unpaired) electrons. The summed E-state index contributed by atoms with van der Waals surface area (Å²) >= 11 is 0. The minimum atomic E-state index is -0.246. The largest absolute Gasteiger partial charge is 0.363 e. The first-order valence-corrected chi connectivity index (χ1v) is 11.0. The average molecular weight is 434 g/mol. The van der Waals surface area contributed by atoms with Crippen LogP contribution < -0.4 is 4.90 Å². The molecule has 4 rings (SSSR count). The van der Waals surface area contributed by atoms with E-state index in [1.807, 2.05) is 42.1 Å². The Labute approximate surface area is 188 Å². The third-order valence-electron chi connectivity index (χ3n) is 5.96. The van der Waals surface area contributed by atoms with Gasteiger partial charge in [-0.2, -0.15) is 0 Å². The highest BCUT2D eigenvalue weighted by Gasteiger charge is 2.25. The molecule has 0 aliphatic carbocycles. The number of pyridine rings is 1. The van der Waals surface area contributed by atoms with Crippen LogP contribution in [0.5, 0.6) is 0 Å². The number of piperidine rings is 1. The molecule has 1 fully saturated rings. The van der Waals surface area contributed by atoms with E-state index in [9.17, 15) is 9.18 Å². The van der Waals surface area contributed by atoms with Crippen LogP contribution >= 0.6 is 0 Å². The van der Waals surface area contributed by atoms with E-state index in [0.29, 0.717) is 37.3 Å². The number of benzene rings is 1. The first-order valence-electron chi connectivity index (χ1n) is 11.0. The lowest BCUT2D eigenvalue weighted by molar-refractivity contribution is -0.132. The van der Waals surface area contributed by atoms with Crippen LogP contribution in [-0.4, -0.2) is 52.9 Å². The number of aryl methyl sites for hydroxylation is 1. The molecule has 0 saturated carbocycles. The summed E-state index contributed by atoms with van der Waals surface area (Å²) < 4.78 is 13.8. The molecule has 3 heterocycles. The number of aromatic nitrogens is 3. The molecule has 32 heavy (non-hydrogen) atoms. The summed E-state index contributed by atoms with van der Waals surface area (Å²) in [5.74, 6) is 1.67. The molecule has 1 aromatic carbocycles. The normalized spacial score (nSPS) is 14.4. The second-order valence-corrected chi connectivity index (χ2v) is 8.35. The smallest absolute Gasteiger partial charge is 0.222 e. The summed E-state index contributed by atoms with van der Waals surface area (Å²) in [6.45, 7) is 1.37. The van der Waals surface area contributed by atoms with Crippen molar-refractivity contribution in [1.82, 2.24) is 19.9 Å². The zero-order valence-electron chi connectivity index (χ0n) is 18.5. The maximum Gasteiger partial charge on any atom is 0.222 e. The number of likely N-dealkylation sites (tertiary alicyclic amines) is 1. The molecule has 2 aromatic heterocycles. The van der Waals surface area contributed by atoms with E-state index >= 15 is 0 Å². The van der Waals surface area contributed by atoms with Crippen LogP contribution in [0.4, 0.5) is 10.2 Å². The van der Waals surface area contributed by atoms with E-state index in [1.54, 1.807) is 30.6 Å². The second-order valence-electron chi connectivity index (χ2n) is 8.35. The molecule has 0 spiro atoms. The zero-order chi connectivity index (χ0) is 22.5. The molecule has 6 nitrogen and oxygen atoms in total. The van der Waals surface area contributed by atoms with Gasteiger partial charge in [0.2, 0.25) is 5.91 Å². The van der Waals surface area contributed by atoms with Crippen molar-refractivity contribution in [1.29, 1.82) is 0 Å². The van der Waals surface area contributed by atoms with Gasteiger partial charge in [0.25, 0.3) is 0 Å². The van der Waals surface area contributed by atoms with Gasteiger partial charge in [0, 0.05) is 69.2 Å². The molecule has 0 unspecified atom stereocenters. The molecule has 1 aliphatic heterocycles. The summed E-state index contributed by atoms with van der Waals surface area (Å²) in [5.41, 5.74) is 2.54. The van der Waals surface area contributed by atoms with E-state index in [4.69, 9.17) is 9.97 Å². The lowest BCUT2D eigenvalue weighted by atomic mass is 9.92. The number of hydrogen-bond acceptors (Lipinski definition) is 5. The molecule has 1 aliphatic rings. The molecule has 0 atom stereocenters. The van der Waals surface area contributed by atoms with Crippen LogP contribution in [0.3, 0.4) is 0 Å². The SMILES string of the molecule is CN(C)c1cc(C2CCN(C(=O)CCc3ccccc3F)CC2)nc(-c2ccncc2)n1. The van der Waals surface area contributed by atoms with Gasteiger partial charge in [0.1, 0.15) is 11.6 Å². The van der Waals surface area contributed by atoms with Gasteiger partial charge in [-0.1, -0.05) is 18.2 Å². The Bertz CT molecular complexity index is 1060. The molecular formula is C25H28FN5O. The van der Waals surface area contributed by atoms with Crippen LogP contribution in [0.2, 0.25) is 0 Å². The van der Waals surface area contributed by atoms with E-state index in [0.717, 1.165) is 29.9 Å². The molecule has 166 valence electrons. The Morgan fingerprint density at radius 2 is 1.81 bits per heavy atom. The summed E-state index contributed by atoms with van der Waals surface area (Å²) in [4.78, 5) is 30.2. The van der Waals surface area contributed by atoms with E-state index < -0.39 is 0 Å². The van der Waals surface area contributed by atoms with Crippen LogP contribution in [0, 0.1) is 5.82 Å². The first kappa shape index (κ1) is 21.9. The van der Waals surface area contributed by atoms with Gasteiger partial charge in [-0.15, -0.1) is 0 Å². The molecule has 1 amide bonds. The Balaban J connectivity index is 1.42. The highest BCUT2D eigenvalue weighted by molar-refractivity contribution is 5.76. The van der Waals surface area contributed by atoms with Crippen molar-refractivity contribution in [3.05, 3.63) is 71.9 Å².